The lowest BCUT2D eigenvalue weighted by molar-refractivity contribution is -0.134. The molecule has 0 N–H and O–H groups in total. The summed E-state index contributed by atoms with van der Waals surface area (Å²) in [6.45, 7) is 3.57. The van der Waals surface area contributed by atoms with Crippen molar-refractivity contribution in [2.75, 3.05) is 42.6 Å². The highest BCUT2D eigenvalue weighted by atomic mass is 32.2. The van der Waals surface area contributed by atoms with Gasteiger partial charge >= 0.3 is 0 Å². The summed E-state index contributed by atoms with van der Waals surface area (Å²) in [6, 6.07) is 2.15. The average Bonchev–Trinajstić information content (AvgIpc) is 3.04. The summed E-state index contributed by atoms with van der Waals surface area (Å²) in [4.78, 5) is 25.9. The third kappa shape index (κ3) is 3.18. The zero-order valence-electron chi connectivity index (χ0n) is 13.5. The Kier molecular flexibility index (Phi) is 4.42. The summed E-state index contributed by atoms with van der Waals surface area (Å²) in [7, 11) is 0. The van der Waals surface area contributed by atoms with Crippen molar-refractivity contribution in [2.24, 2.45) is 5.92 Å². The Morgan fingerprint density at radius 1 is 1.13 bits per heavy atom. The molecule has 2 saturated heterocycles. The van der Waals surface area contributed by atoms with Gasteiger partial charge in [-0.2, -0.15) is 11.8 Å². The maximum absolute atomic E-state index is 12.7. The molecule has 0 bridgehead atoms. The van der Waals surface area contributed by atoms with E-state index in [0.29, 0.717) is 11.8 Å². The monoisotopic (exact) mass is 332 g/mol. The highest BCUT2D eigenvalue weighted by Crippen LogP contribution is 2.36. The van der Waals surface area contributed by atoms with Crippen LogP contribution in [0.3, 0.4) is 0 Å². The molecule has 1 aromatic heterocycles. The molecule has 1 unspecified atom stereocenters. The predicted molar refractivity (Wildman–Crippen MR) is 92.8 cm³/mol. The molecule has 6 heteroatoms. The van der Waals surface area contributed by atoms with E-state index < -0.39 is 0 Å². The zero-order valence-corrected chi connectivity index (χ0v) is 14.3. The Labute approximate surface area is 141 Å². The number of rotatable bonds is 3. The van der Waals surface area contributed by atoms with Gasteiger partial charge in [0.05, 0.1) is 5.92 Å². The maximum atomic E-state index is 12.7. The van der Waals surface area contributed by atoms with Crippen LogP contribution in [-0.2, 0) is 4.79 Å². The van der Waals surface area contributed by atoms with Crippen molar-refractivity contribution in [3.05, 3.63) is 18.1 Å². The minimum absolute atomic E-state index is 0.139. The number of thioether (sulfide) groups is 1. The van der Waals surface area contributed by atoms with Crippen molar-refractivity contribution in [2.45, 2.75) is 31.6 Å². The second-order valence-electron chi connectivity index (χ2n) is 6.80. The van der Waals surface area contributed by atoms with Crippen molar-refractivity contribution >= 4 is 23.5 Å². The number of carbonyl (C=O) groups excluding carboxylic acids is 1. The van der Waals surface area contributed by atoms with Crippen LogP contribution in [0.4, 0.5) is 5.82 Å². The first-order valence-electron chi connectivity index (χ1n) is 8.74. The zero-order chi connectivity index (χ0) is 15.6. The van der Waals surface area contributed by atoms with Crippen molar-refractivity contribution in [1.82, 2.24) is 14.9 Å². The fourth-order valence-corrected chi connectivity index (χ4v) is 4.58. The second-order valence-corrected chi connectivity index (χ2v) is 8.02. The van der Waals surface area contributed by atoms with Gasteiger partial charge in [0, 0.05) is 55.4 Å². The molecular formula is C17H24N4OS. The molecule has 1 amide bonds. The van der Waals surface area contributed by atoms with Gasteiger partial charge in [-0.1, -0.05) is 6.42 Å². The molecule has 1 saturated carbocycles. The van der Waals surface area contributed by atoms with E-state index in [1.165, 1.54) is 25.0 Å². The predicted octanol–water partition coefficient (Wildman–Crippen LogP) is 2.15. The molecule has 23 heavy (non-hydrogen) atoms. The van der Waals surface area contributed by atoms with E-state index in [2.05, 4.69) is 25.8 Å². The third-order valence-corrected chi connectivity index (χ3v) is 6.32. The first-order valence-corrected chi connectivity index (χ1v) is 9.90. The quantitative estimate of drug-likeness (QED) is 0.849. The van der Waals surface area contributed by atoms with Gasteiger partial charge < -0.3 is 9.80 Å². The van der Waals surface area contributed by atoms with Crippen LogP contribution in [0, 0.1) is 5.92 Å². The van der Waals surface area contributed by atoms with Crippen LogP contribution in [0.1, 0.15) is 37.3 Å². The Morgan fingerprint density at radius 3 is 2.70 bits per heavy atom. The smallest absolute Gasteiger partial charge is 0.227 e. The van der Waals surface area contributed by atoms with E-state index >= 15 is 0 Å². The third-order valence-electron chi connectivity index (χ3n) is 5.38. The normalized spacial score (nSPS) is 25.5. The van der Waals surface area contributed by atoms with Gasteiger partial charge in [-0.25, -0.2) is 9.97 Å². The molecule has 124 valence electrons. The Bertz CT molecular complexity index is 571. The average molecular weight is 332 g/mol. The molecule has 1 aromatic rings. The van der Waals surface area contributed by atoms with E-state index in [1.807, 2.05) is 11.8 Å². The van der Waals surface area contributed by atoms with Crippen LogP contribution in [-0.4, -0.2) is 58.5 Å². The molecular weight excluding hydrogens is 308 g/mol. The highest BCUT2D eigenvalue weighted by Gasteiger charge is 2.33. The van der Waals surface area contributed by atoms with Crippen LogP contribution in [0.2, 0.25) is 0 Å². The van der Waals surface area contributed by atoms with Crippen LogP contribution >= 0.6 is 11.8 Å². The van der Waals surface area contributed by atoms with E-state index in [9.17, 15) is 4.79 Å². The lowest BCUT2D eigenvalue weighted by atomic mass is 9.83. The van der Waals surface area contributed by atoms with Gasteiger partial charge in [0.25, 0.3) is 0 Å². The molecule has 0 spiro atoms. The summed E-state index contributed by atoms with van der Waals surface area (Å²) in [5.41, 5.74) is 1.18. The summed E-state index contributed by atoms with van der Waals surface area (Å²) in [5.74, 6) is 4.29. The molecule has 0 aromatic carbocycles. The fourth-order valence-electron chi connectivity index (χ4n) is 3.67. The van der Waals surface area contributed by atoms with Crippen molar-refractivity contribution in [3.63, 3.8) is 0 Å². The minimum Gasteiger partial charge on any atom is -0.356 e. The Hall–Kier alpha value is -1.30. The molecule has 5 nitrogen and oxygen atoms in total. The van der Waals surface area contributed by atoms with Gasteiger partial charge in [-0.15, -0.1) is 0 Å². The number of anilines is 1. The highest BCUT2D eigenvalue weighted by molar-refractivity contribution is 7.99. The van der Waals surface area contributed by atoms with Gasteiger partial charge in [-0.05, 0) is 19.3 Å². The number of amides is 1. The minimum atomic E-state index is 0.139. The molecule has 1 atom stereocenters. The van der Waals surface area contributed by atoms with E-state index in [-0.39, 0.29) is 5.92 Å². The number of hydrogen-bond donors (Lipinski definition) is 0. The number of nitrogens with zero attached hydrogens (tertiary/aromatic N) is 4. The molecule has 1 aliphatic carbocycles. The van der Waals surface area contributed by atoms with Gasteiger partial charge in [-0.3, -0.25) is 4.79 Å². The van der Waals surface area contributed by atoms with E-state index in [4.69, 9.17) is 0 Å². The first kappa shape index (κ1) is 15.2. The number of carbonyl (C=O) groups is 1. The first-order chi connectivity index (χ1) is 11.3. The van der Waals surface area contributed by atoms with E-state index in [1.54, 1.807) is 6.33 Å². The topological polar surface area (TPSA) is 49.3 Å². The second kappa shape index (κ2) is 6.67. The Balaban J connectivity index is 1.40. The largest absolute Gasteiger partial charge is 0.356 e. The van der Waals surface area contributed by atoms with Crippen molar-refractivity contribution in [1.29, 1.82) is 0 Å². The molecule has 0 radical (unpaired) electrons. The summed E-state index contributed by atoms with van der Waals surface area (Å²) >= 11 is 1.95. The van der Waals surface area contributed by atoms with Crippen LogP contribution in [0.5, 0.6) is 0 Å². The van der Waals surface area contributed by atoms with Crippen LogP contribution < -0.4 is 4.90 Å². The summed E-state index contributed by atoms with van der Waals surface area (Å²) in [5, 5.41) is 0. The van der Waals surface area contributed by atoms with Gasteiger partial charge in [0.1, 0.15) is 12.1 Å². The standard InChI is InChI=1S/C17H24N4OS/c22-17(20-6-8-23-9-7-20)14-4-5-21(11-14)16-10-15(18-12-19-16)13-2-1-3-13/h10,12-14H,1-9,11H2. The van der Waals surface area contributed by atoms with Crippen molar-refractivity contribution < 1.29 is 4.79 Å². The van der Waals surface area contributed by atoms with Crippen LogP contribution in [0.25, 0.3) is 0 Å². The molecule has 2 aliphatic heterocycles. The van der Waals surface area contributed by atoms with Crippen molar-refractivity contribution in [3.8, 4) is 0 Å². The summed E-state index contributed by atoms with van der Waals surface area (Å²) < 4.78 is 0. The molecule has 3 fully saturated rings. The van der Waals surface area contributed by atoms with E-state index in [0.717, 1.165) is 49.9 Å². The maximum Gasteiger partial charge on any atom is 0.227 e. The lowest BCUT2D eigenvalue weighted by Crippen LogP contribution is -2.42. The number of hydrogen-bond acceptors (Lipinski definition) is 5. The number of aromatic nitrogens is 2. The van der Waals surface area contributed by atoms with Gasteiger partial charge in [0.15, 0.2) is 0 Å². The molecule has 3 aliphatic rings. The fraction of sp³-hybridized carbons (Fsp3) is 0.706. The molecule has 3 heterocycles. The SMILES string of the molecule is O=C(C1CCN(c2cc(C3CCC3)ncn2)C1)N1CCSCC1. The lowest BCUT2D eigenvalue weighted by Gasteiger charge is -2.29. The molecule has 4 rings (SSSR count). The van der Waals surface area contributed by atoms with Gasteiger partial charge in [0.2, 0.25) is 5.91 Å². The van der Waals surface area contributed by atoms with Crippen LogP contribution in [0.15, 0.2) is 12.4 Å². The Morgan fingerprint density at radius 2 is 1.96 bits per heavy atom. The summed E-state index contributed by atoms with van der Waals surface area (Å²) in [6.07, 6.45) is 6.47.